The van der Waals surface area contributed by atoms with E-state index in [4.69, 9.17) is 0 Å². The van der Waals surface area contributed by atoms with Gasteiger partial charge in [-0.2, -0.15) is 0 Å². The van der Waals surface area contributed by atoms with Crippen LogP contribution < -0.4 is 5.32 Å². The van der Waals surface area contributed by atoms with Crippen molar-refractivity contribution in [3.05, 3.63) is 33.8 Å². The van der Waals surface area contributed by atoms with Crippen molar-refractivity contribution in [3.8, 4) is 0 Å². The van der Waals surface area contributed by atoms with Gasteiger partial charge in [0.1, 0.15) is 0 Å². The van der Waals surface area contributed by atoms with Crippen molar-refractivity contribution in [2.75, 3.05) is 7.05 Å². The molecule has 0 saturated heterocycles. The smallest absolute Gasteiger partial charge is 0.0320 e. The summed E-state index contributed by atoms with van der Waals surface area (Å²) in [5.74, 6) is 0.923. The number of nitrogens with one attached hydrogen (secondary N) is 1. The first kappa shape index (κ1) is 13.1. The Balaban J connectivity index is 2.10. The Bertz CT molecular complexity index is 349. The zero-order chi connectivity index (χ0) is 12.3. The molecule has 0 spiro atoms. The minimum Gasteiger partial charge on any atom is -0.313 e. The third-order valence-corrected chi connectivity index (χ3v) is 4.32. The summed E-state index contributed by atoms with van der Waals surface area (Å²) in [4.78, 5) is 0. The maximum absolute atomic E-state index is 3.60. The van der Waals surface area contributed by atoms with Crippen LogP contribution in [0.5, 0.6) is 0 Å². The normalized spacial score (nSPS) is 18.5. The minimum absolute atomic E-state index is 0.509. The van der Waals surface area contributed by atoms with Crippen LogP contribution in [0.2, 0.25) is 0 Å². The summed E-state index contributed by atoms with van der Waals surface area (Å²) in [6.45, 7) is 2.16. The van der Waals surface area contributed by atoms with Gasteiger partial charge >= 0.3 is 0 Å². The molecule has 2 rings (SSSR count). The van der Waals surface area contributed by atoms with Gasteiger partial charge in [-0.25, -0.2) is 0 Å². The van der Waals surface area contributed by atoms with Crippen molar-refractivity contribution < 1.29 is 0 Å². The Hall–Kier alpha value is -0.340. The molecule has 1 N–H and O–H groups in total. The standard InChI is InChI=1S/C15H22BrN/c1-11-7-13(10-14(16)8-11)15(17-2)9-12-5-3-4-6-12/h7-8,10,12,15,17H,3-6,9H2,1-2H3. The molecule has 1 unspecified atom stereocenters. The molecule has 0 radical (unpaired) electrons. The van der Waals surface area contributed by atoms with Crippen LogP contribution in [0.3, 0.4) is 0 Å². The van der Waals surface area contributed by atoms with Gasteiger partial charge in [-0.3, -0.25) is 0 Å². The Morgan fingerprint density at radius 1 is 1.29 bits per heavy atom. The van der Waals surface area contributed by atoms with Crippen molar-refractivity contribution in [1.82, 2.24) is 5.32 Å². The molecule has 0 bridgehead atoms. The van der Waals surface area contributed by atoms with Crippen LogP contribution in [0.15, 0.2) is 22.7 Å². The van der Waals surface area contributed by atoms with Crippen LogP contribution in [0.4, 0.5) is 0 Å². The molecule has 17 heavy (non-hydrogen) atoms. The fraction of sp³-hybridized carbons (Fsp3) is 0.600. The molecular formula is C15H22BrN. The highest BCUT2D eigenvalue weighted by Crippen LogP contribution is 2.33. The van der Waals surface area contributed by atoms with Gasteiger partial charge in [-0.1, -0.05) is 47.7 Å². The summed E-state index contributed by atoms with van der Waals surface area (Å²) in [6, 6.07) is 7.24. The number of halogens is 1. The maximum Gasteiger partial charge on any atom is 0.0320 e. The molecule has 94 valence electrons. The van der Waals surface area contributed by atoms with E-state index in [0.29, 0.717) is 6.04 Å². The Morgan fingerprint density at radius 3 is 2.59 bits per heavy atom. The summed E-state index contributed by atoms with van der Waals surface area (Å²) in [7, 11) is 2.08. The van der Waals surface area contributed by atoms with Gasteiger partial charge in [0.05, 0.1) is 0 Å². The summed E-state index contributed by atoms with van der Waals surface area (Å²) in [5, 5.41) is 3.48. The number of hydrogen-bond acceptors (Lipinski definition) is 1. The average molecular weight is 296 g/mol. The quantitative estimate of drug-likeness (QED) is 0.856. The molecule has 2 heteroatoms. The highest BCUT2D eigenvalue weighted by Gasteiger charge is 2.20. The second-order valence-corrected chi connectivity index (χ2v) is 6.21. The van der Waals surface area contributed by atoms with E-state index in [0.717, 1.165) is 5.92 Å². The van der Waals surface area contributed by atoms with E-state index in [1.807, 2.05) is 0 Å². The lowest BCUT2D eigenvalue weighted by molar-refractivity contribution is 0.413. The highest BCUT2D eigenvalue weighted by atomic mass is 79.9. The lowest BCUT2D eigenvalue weighted by Crippen LogP contribution is -2.19. The molecule has 0 aliphatic heterocycles. The third-order valence-electron chi connectivity index (χ3n) is 3.86. The highest BCUT2D eigenvalue weighted by molar-refractivity contribution is 9.10. The molecule has 1 atom stereocenters. The van der Waals surface area contributed by atoms with Gasteiger partial charge < -0.3 is 5.32 Å². The first-order chi connectivity index (χ1) is 8.19. The van der Waals surface area contributed by atoms with Crippen LogP contribution in [-0.4, -0.2) is 7.05 Å². The van der Waals surface area contributed by atoms with Gasteiger partial charge in [0.15, 0.2) is 0 Å². The molecule has 0 amide bonds. The van der Waals surface area contributed by atoms with E-state index >= 15 is 0 Å². The monoisotopic (exact) mass is 295 g/mol. The molecular weight excluding hydrogens is 274 g/mol. The van der Waals surface area contributed by atoms with Gasteiger partial charge in [0.25, 0.3) is 0 Å². The van der Waals surface area contributed by atoms with E-state index in [9.17, 15) is 0 Å². The predicted octanol–water partition coefficient (Wildman–Crippen LogP) is 4.60. The van der Waals surface area contributed by atoms with Crippen LogP contribution in [0.1, 0.15) is 49.3 Å². The molecule has 1 aromatic rings. The molecule has 1 aliphatic carbocycles. The van der Waals surface area contributed by atoms with Gasteiger partial charge in [-0.05, 0) is 49.6 Å². The van der Waals surface area contributed by atoms with Crippen molar-refractivity contribution in [1.29, 1.82) is 0 Å². The van der Waals surface area contributed by atoms with Crippen LogP contribution in [-0.2, 0) is 0 Å². The lowest BCUT2D eigenvalue weighted by atomic mass is 9.93. The maximum atomic E-state index is 3.60. The molecule has 0 heterocycles. The van der Waals surface area contributed by atoms with E-state index < -0.39 is 0 Å². The van der Waals surface area contributed by atoms with E-state index in [1.54, 1.807) is 0 Å². The third kappa shape index (κ3) is 3.56. The lowest BCUT2D eigenvalue weighted by Gasteiger charge is -2.21. The van der Waals surface area contributed by atoms with Crippen molar-refractivity contribution >= 4 is 15.9 Å². The Kier molecular flexibility index (Phi) is 4.63. The number of benzene rings is 1. The Morgan fingerprint density at radius 2 is 2.00 bits per heavy atom. The van der Waals surface area contributed by atoms with Crippen LogP contribution in [0.25, 0.3) is 0 Å². The van der Waals surface area contributed by atoms with Crippen LogP contribution >= 0.6 is 15.9 Å². The van der Waals surface area contributed by atoms with Gasteiger partial charge in [0.2, 0.25) is 0 Å². The Labute approximate surface area is 113 Å². The first-order valence-electron chi connectivity index (χ1n) is 6.63. The van der Waals surface area contributed by atoms with E-state index in [1.165, 1.54) is 47.7 Å². The second-order valence-electron chi connectivity index (χ2n) is 5.29. The average Bonchev–Trinajstić information content (AvgIpc) is 2.77. The second kappa shape index (κ2) is 6.01. The zero-order valence-corrected chi connectivity index (χ0v) is 12.4. The largest absolute Gasteiger partial charge is 0.313 e. The van der Waals surface area contributed by atoms with E-state index in [2.05, 4.69) is 53.4 Å². The topological polar surface area (TPSA) is 12.0 Å². The summed E-state index contributed by atoms with van der Waals surface area (Å²) >= 11 is 3.60. The predicted molar refractivity (Wildman–Crippen MR) is 77.3 cm³/mol. The minimum atomic E-state index is 0.509. The molecule has 0 aromatic heterocycles. The van der Waals surface area contributed by atoms with Gasteiger partial charge in [0, 0.05) is 10.5 Å². The number of aryl methyl sites for hydroxylation is 1. The summed E-state index contributed by atoms with van der Waals surface area (Å²) in [6.07, 6.45) is 6.99. The summed E-state index contributed by atoms with van der Waals surface area (Å²) in [5.41, 5.74) is 2.76. The zero-order valence-electron chi connectivity index (χ0n) is 10.8. The van der Waals surface area contributed by atoms with Crippen molar-refractivity contribution in [3.63, 3.8) is 0 Å². The molecule has 1 nitrogen and oxygen atoms in total. The SMILES string of the molecule is CNC(CC1CCCC1)c1cc(C)cc(Br)c1. The summed E-state index contributed by atoms with van der Waals surface area (Å²) < 4.78 is 1.19. The number of rotatable bonds is 4. The van der Waals surface area contributed by atoms with E-state index in [-0.39, 0.29) is 0 Å². The van der Waals surface area contributed by atoms with Gasteiger partial charge in [-0.15, -0.1) is 0 Å². The van der Waals surface area contributed by atoms with Crippen molar-refractivity contribution in [2.24, 2.45) is 5.92 Å². The molecule has 1 fully saturated rings. The number of hydrogen-bond donors (Lipinski definition) is 1. The fourth-order valence-corrected chi connectivity index (χ4v) is 3.59. The molecule has 1 aromatic carbocycles. The van der Waals surface area contributed by atoms with Crippen LogP contribution in [0, 0.1) is 12.8 Å². The molecule has 1 saturated carbocycles. The fourth-order valence-electron chi connectivity index (χ4n) is 2.97. The molecule has 1 aliphatic rings. The van der Waals surface area contributed by atoms with Crippen molar-refractivity contribution in [2.45, 2.75) is 45.1 Å². The first-order valence-corrected chi connectivity index (χ1v) is 7.42.